The third-order valence-corrected chi connectivity index (χ3v) is 5.12. The van der Waals surface area contributed by atoms with E-state index < -0.39 is 0 Å². The van der Waals surface area contributed by atoms with Crippen LogP contribution < -0.4 is 5.32 Å². The Balaban J connectivity index is 1.86. The molecule has 6 nitrogen and oxygen atoms in total. The van der Waals surface area contributed by atoms with Gasteiger partial charge in [-0.15, -0.1) is 0 Å². The van der Waals surface area contributed by atoms with Crippen molar-refractivity contribution in [2.75, 3.05) is 40.0 Å². The second-order valence-electron chi connectivity index (χ2n) is 7.38. The number of ether oxygens (including phenoxy) is 2. The highest BCUT2D eigenvalue weighted by atomic mass is 16.5. The molecule has 1 amide bonds. The lowest BCUT2D eigenvalue weighted by Gasteiger charge is -2.29. The maximum Gasteiger partial charge on any atom is 0.251 e. The summed E-state index contributed by atoms with van der Waals surface area (Å²) in [6.45, 7) is 5.18. The Morgan fingerprint density at radius 2 is 2.19 bits per heavy atom. The van der Waals surface area contributed by atoms with Gasteiger partial charge in [0.15, 0.2) is 0 Å². The lowest BCUT2D eigenvalue weighted by atomic mass is 10.1. The minimum Gasteiger partial charge on any atom is -0.392 e. The Morgan fingerprint density at radius 3 is 2.89 bits per heavy atom. The summed E-state index contributed by atoms with van der Waals surface area (Å²) < 4.78 is 11.1. The van der Waals surface area contributed by atoms with Crippen LogP contribution in [0.25, 0.3) is 0 Å². The third-order valence-electron chi connectivity index (χ3n) is 5.12. The van der Waals surface area contributed by atoms with E-state index in [0.717, 1.165) is 63.7 Å². The summed E-state index contributed by atoms with van der Waals surface area (Å²) in [6, 6.07) is 0.383. The highest BCUT2D eigenvalue weighted by Crippen LogP contribution is 2.29. The largest absolute Gasteiger partial charge is 0.392 e. The van der Waals surface area contributed by atoms with Gasteiger partial charge in [0.25, 0.3) is 5.91 Å². The number of carbonyl (C=O) groups is 1. The topological polar surface area (TPSA) is 71.0 Å². The molecule has 0 aromatic heterocycles. The number of nitrogens with zero attached hydrogens (tertiary/aromatic N) is 1. The number of hydrogen-bond donors (Lipinski definition) is 2. The van der Waals surface area contributed by atoms with E-state index in [1.807, 2.05) is 30.1 Å². The average molecular weight is 381 g/mol. The summed E-state index contributed by atoms with van der Waals surface area (Å²) in [5, 5.41) is 12.6. The number of allylic oxidation sites excluding steroid dienone is 2. The Labute approximate surface area is 163 Å². The number of aliphatic hydroxyl groups is 1. The number of hydrogen-bond acceptors (Lipinski definition) is 5. The van der Waals surface area contributed by atoms with Gasteiger partial charge < -0.3 is 24.8 Å². The summed E-state index contributed by atoms with van der Waals surface area (Å²) in [7, 11) is 1.68. The van der Waals surface area contributed by atoms with E-state index in [4.69, 9.17) is 9.47 Å². The number of aliphatic hydroxyl groups excluding tert-OH is 1. The van der Waals surface area contributed by atoms with Gasteiger partial charge in [0, 0.05) is 26.3 Å². The summed E-state index contributed by atoms with van der Waals surface area (Å²) in [4.78, 5) is 15.0. The van der Waals surface area contributed by atoms with Crippen molar-refractivity contribution >= 4 is 5.91 Å². The number of nitrogens with one attached hydrogen (secondary N) is 1. The van der Waals surface area contributed by atoms with E-state index in [-0.39, 0.29) is 24.7 Å². The fourth-order valence-corrected chi connectivity index (χ4v) is 3.26. The maximum atomic E-state index is 13.0. The smallest absolute Gasteiger partial charge is 0.251 e. The fraction of sp³-hybridized carbons (Fsp3) is 0.762. The van der Waals surface area contributed by atoms with E-state index in [1.165, 1.54) is 0 Å². The van der Waals surface area contributed by atoms with Crippen molar-refractivity contribution in [1.82, 2.24) is 10.2 Å². The summed E-state index contributed by atoms with van der Waals surface area (Å²) in [5.74, 6) is 0.150. The van der Waals surface area contributed by atoms with Crippen molar-refractivity contribution in [3.8, 4) is 0 Å². The SMILES string of the molecule is COC(C)/C=C\C(=C/CO)CCCN(C(=O)C1CCNCCCO1)C1CC1. The summed E-state index contributed by atoms with van der Waals surface area (Å²) in [6.07, 6.45) is 11.2. The van der Waals surface area contributed by atoms with Gasteiger partial charge in [0.1, 0.15) is 6.10 Å². The second kappa shape index (κ2) is 12.3. The van der Waals surface area contributed by atoms with Crippen LogP contribution in [0.4, 0.5) is 0 Å². The lowest BCUT2D eigenvalue weighted by Crippen LogP contribution is -2.44. The van der Waals surface area contributed by atoms with Crippen LogP contribution in [0.15, 0.2) is 23.8 Å². The van der Waals surface area contributed by atoms with Crippen LogP contribution in [0.5, 0.6) is 0 Å². The molecule has 1 aliphatic heterocycles. The van der Waals surface area contributed by atoms with Crippen molar-refractivity contribution in [1.29, 1.82) is 0 Å². The second-order valence-corrected chi connectivity index (χ2v) is 7.38. The Hall–Kier alpha value is -1.21. The normalized spacial score (nSPS) is 23.1. The van der Waals surface area contributed by atoms with Crippen molar-refractivity contribution in [2.24, 2.45) is 0 Å². The summed E-state index contributed by atoms with van der Waals surface area (Å²) in [5.41, 5.74) is 1.08. The molecule has 154 valence electrons. The lowest BCUT2D eigenvalue weighted by molar-refractivity contribution is -0.145. The molecule has 0 spiro atoms. The van der Waals surface area contributed by atoms with Crippen LogP contribution in [0.2, 0.25) is 0 Å². The monoisotopic (exact) mass is 380 g/mol. The van der Waals surface area contributed by atoms with Gasteiger partial charge in [0.05, 0.1) is 12.7 Å². The molecule has 1 saturated carbocycles. The fourth-order valence-electron chi connectivity index (χ4n) is 3.26. The predicted molar refractivity (Wildman–Crippen MR) is 107 cm³/mol. The molecular formula is C21H36N2O4. The quantitative estimate of drug-likeness (QED) is 0.568. The predicted octanol–water partition coefficient (Wildman–Crippen LogP) is 2.04. The minimum atomic E-state index is -0.312. The molecule has 0 aromatic rings. The molecule has 0 radical (unpaired) electrons. The van der Waals surface area contributed by atoms with E-state index in [2.05, 4.69) is 5.32 Å². The zero-order valence-corrected chi connectivity index (χ0v) is 16.9. The van der Waals surface area contributed by atoms with Gasteiger partial charge in [-0.1, -0.05) is 18.2 Å². The van der Waals surface area contributed by atoms with Crippen molar-refractivity contribution in [3.63, 3.8) is 0 Å². The van der Waals surface area contributed by atoms with E-state index >= 15 is 0 Å². The molecule has 1 heterocycles. The molecular weight excluding hydrogens is 344 g/mol. The van der Waals surface area contributed by atoms with Crippen molar-refractivity contribution in [3.05, 3.63) is 23.8 Å². The van der Waals surface area contributed by atoms with Gasteiger partial charge >= 0.3 is 0 Å². The van der Waals surface area contributed by atoms with Crippen LogP contribution in [-0.2, 0) is 14.3 Å². The van der Waals surface area contributed by atoms with Crippen LogP contribution in [0.1, 0.15) is 45.4 Å². The van der Waals surface area contributed by atoms with Gasteiger partial charge in [-0.05, 0) is 64.1 Å². The van der Waals surface area contributed by atoms with Gasteiger partial charge in [-0.3, -0.25) is 4.79 Å². The van der Waals surface area contributed by atoms with Crippen LogP contribution >= 0.6 is 0 Å². The number of rotatable bonds is 10. The van der Waals surface area contributed by atoms with Gasteiger partial charge in [-0.25, -0.2) is 0 Å². The number of methoxy groups -OCH3 is 1. The highest BCUT2D eigenvalue weighted by Gasteiger charge is 2.35. The Bertz CT molecular complexity index is 494. The Kier molecular flexibility index (Phi) is 10.1. The number of amides is 1. The first-order chi connectivity index (χ1) is 13.2. The third kappa shape index (κ3) is 8.13. The molecule has 2 unspecified atom stereocenters. The van der Waals surface area contributed by atoms with E-state index in [0.29, 0.717) is 12.6 Å². The van der Waals surface area contributed by atoms with Gasteiger partial charge in [-0.2, -0.15) is 0 Å². The molecule has 2 rings (SSSR count). The summed E-state index contributed by atoms with van der Waals surface area (Å²) >= 11 is 0. The van der Waals surface area contributed by atoms with Gasteiger partial charge in [0.2, 0.25) is 0 Å². The average Bonchev–Trinajstić information content (AvgIpc) is 3.47. The Morgan fingerprint density at radius 1 is 1.37 bits per heavy atom. The molecule has 6 heteroatoms. The highest BCUT2D eigenvalue weighted by molar-refractivity contribution is 5.81. The maximum absolute atomic E-state index is 13.0. The van der Waals surface area contributed by atoms with E-state index in [1.54, 1.807) is 7.11 Å². The van der Waals surface area contributed by atoms with Crippen molar-refractivity contribution < 1.29 is 19.4 Å². The van der Waals surface area contributed by atoms with Crippen LogP contribution in [0.3, 0.4) is 0 Å². The number of carbonyl (C=O) groups excluding carboxylic acids is 1. The molecule has 2 fully saturated rings. The zero-order chi connectivity index (χ0) is 19.5. The molecule has 2 aliphatic rings. The molecule has 0 bridgehead atoms. The molecule has 1 saturated heterocycles. The van der Waals surface area contributed by atoms with Crippen molar-refractivity contribution in [2.45, 2.75) is 63.7 Å². The molecule has 1 aliphatic carbocycles. The molecule has 0 aromatic carbocycles. The first-order valence-corrected chi connectivity index (χ1v) is 10.3. The zero-order valence-electron chi connectivity index (χ0n) is 16.9. The molecule has 2 atom stereocenters. The first-order valence-electron chi connectivity index (χ1n) is 10.3. The molecule has 2 N–H and O–H groups in total. The minimum absolute atomic E-state index is 0.0230. The standard InChI is InChI=1S/C21H36N2O4/c1-17(26-2)6-7-18(11-15-24)5-3-14-23(19-8-9-19)21(25)20-10-13-22-12-4-16-27-20/h6-7,11,17,19-20,22,24H,3-5,8-10,12-16H2,1-2H3/b7-6-,18-11-. The van der Waals surface area contributed by atoms with E-state index in [9.17, 15) is 9.90 Å². The molecule has 27 heavy (non-hydrogen) atoms. The van der Waals surface area contributed by atoms with Crippen LogP contribution in [0, 0.1) is 0 Å². The first kappa shape index (κ1) is 22.1. The van der Waals surface area contributed by atoms with Crippen LogP contribution in [-0.4, -0.2) is 74.1 Å².